The third-order valence-electron chi connectivity index (χ3n) is 9.17. The average molecular weight is 653 g/mol. The normalized spacial score (nSPS) is 17.3. The van der Waals surface area contributed by atoms with Gasteiger partial charge in [-0.15, -0.1) is 0 Å². The summed E-state index contributed by atoms with van der Waals surface area (Å²) >= 11 is 6.77. The van der Waals surface area contributed by atoms with Gasteiger partial charge in [0.05, 0.1) is 29.1 Å². The summed E-state index contributed by atoms with van der Waals surface area (Å²) in [6.07, 6.45) is 2.00. The van der Waals surface area contributed by atoms with E-state index in [2.05, 4.69) is 27.9 Å². The smallest absolute Gasteiger partial charge is 0.317 e. The Morgan fingerprint density at radius 1 is 1.09 bits per heavy atom. The Labute approximate surface area is 277 Å². The van der Waals surface area contributed by atoms with Gasteiger partial charge in [0.1, 0.15) is 11.9 Å². The Bertz CT molecular complexity index is 1580. The summed E-state index contributed by atoms with van der Waals surface area (Å²) in [6.45, 7) is 12.2. The number of rotatable bonds is 12. The van der Waals surface area contributed by atoms with E-state index in [9.17, 15) is 14.4 Å². The molecule has 46 heavy (non-hydrogen) atoms. The van der Waals surface area contributed by atoms with Gasteiger partial charge < -0.3 is 30.6 Å². The van der Waals surface area contributed by atoms with Gasteiger partial charge in [0, 0.05) is 38.7 Å². The zero-order chi connectivity index (χ0) is 34.0. The highest BCUT2D eigenvalue weighted by Gasteiger charge is 2.51. The number of ether oxygens (including phenoxy) is 1. The van der Waals surface area contributed by atoms with Crippen molar-refractivity contribution in [1.29, 1.82) is 0 Å². The Morgan fingerprint density at radius 2 is 1.76 bits per heavy atom. The van der Waals surface area contributed by atoms with E-state index in [1.165, 1.54) is 4.90 Å². The lowest BCUT2D eigenvalue weighted by Crippen LogP contribution is -2.58. The number of aromatic nitrogens is 2. The summed E-state index contributed by atoms with van der Waals surface area (Å²) in [5.41, 5.74) is 1.33. The van der Waals surface area contributed by atoms with E-state index in [-0.39, 0.29) is 35.8 Å². The van der Waals surface area contributed by atoms with Gasteiger partial charge in [-0.1, -0.05) is 63.6 Å². The first kappa shape index (κ1) is 35.2. The van der Waals surface area contributed by atoms with Crippen molar-refractivity contribution in [2.75, 3.05) is 34.4 Å². The summed E-state index contributed by atoms with van der Waals surface area (Å²) in [4.78, 5) is 50.0. The number of nitrogens with zero attached hydrogens (tertiary/aromatic N) is 2. The minimum atomic E-state index is -1.12. The standard InChI is InChI=1S/C35H49ClN6O4/c1-10-37-30(43)28(33(2,3)4)41-31(44)35(6,20-46-9)21-15-16-24-25(19-21)39-29(38-24)27(40-32(45)42(7)8)26(34(5)17-18-34)22-13-11-12-14-23(22)36/h11-16,19,26-28H,10,17-18,20H2,1-9H3,(H,37,43)(H,38,39)(H,40,45)(H,41,44)/t26-,27-,28-,35?/m0/s1. The quantitative estimate of drug-likeness (QED) is 0.200. The van der Waals surface area contributed by atoms with Gasteiger partial charge in [-0.3, -0.25) is 9.59 Å². The van der Waals surface area contributed by atoms with Gasteiger partial charge in [0.15, 0.2) is 0 Å². The molecule has 10 nitrogen and oxygen atoms in total. The van der Waals surface area contributed by atoms with Crippen LogP contribution in [0.5, 0.6) is 0 Å². The van der Waals surface area contributed by atoms with E-state index < -0.39 is 22.9 Å². The predicted octanol–water partition coefficient (Wildman–Crippen LogP) is 5.68. The highest BCUT2D eigenvalue weighted by Crippen LogP contribution is 2.60. The van der Waals surface area contributed by atoms with Crippen molar-refractivity contribution in [3.05, 3.63) is 64.4 Å². The number of methoxy groups -OCH3 is 1. The van der Waals surface area contributed by atoms with Crippen molar-refractivity contribution in [3.63, 3.8) is 0 Å². The molecule has 1 aliphatic carbocycles. The fraction of sp³-hybridized carbons (Fsp3) is 0.543. The maximum Gasteiger partial charge on any atom is 0.317 e. The van der Waals surface area contributed by atoms with Crippen molar-refractivity contribution >= 4 is 40.5 Å². The van der Waals surface area contributed by atoms with Crippen LogP contribution in [0, 0.1) is 10.8 Å². The lowest BCUT2D eigenvalue weighted by atomic mass is 9.78. The number of urea groups is 1. The number of aromatic amines is 1. The molecule has 3 aromatic rings. The highest BCUT2D eigenvalue weighted by molar-refractivity contribution is 6.31. The number of fused-ring (bicyclic) bond motifs is 1. The minimum Gasteiger partial charge on any atom is -0.383 e. The largest absolute Gasteiger partial charge is 0.383 e. The highest BCUT2D eigenvalue weighted by atomic mass is 35.5. The van der Waals surface area contributed by atoms with Crippen LogP contribution < -0.4 is 16.0 Å². The molecule has 0 spiro atoms. The average Bonchev–Trinajstić information content (AvgIpc) is 3.58. The molecule has 0 aliphatic heterocycles. The van der Waals surface area contributed by atoms with E-state index in [0.717, 1.165) is 18.4 Å². The van der Waals surface area contributed by atoms with Crippen LogP contribution in [0.1, 0.15) is 83.3 Å². The predicted molar refractivity (Wildman–Crippen MR) is 182 cm³/mol. The molecule has 4 N–H and O–H groups in total. The molecule has 2 aromatic carbocycles. The second-order valence-electron chi connectivity index (χ2n) is 14.3. The third-order valence-corrected chi connectivity index (χ3v) is 9.51. The zero-order valence-corrected chi connectivity index (χ0v) is 29.3. The van der Waals surface area contributed by atoms with E-state index >= 15 is 0 Å². The van der Waals surface area contributed by atoms with E-state index in [4.69, 9.17) is 21.3 Å². The topological polar surface area (TPSA) is 128 Å². The number of amides is 4. The third kappa shape index (κ3) is 7.33. The maximum atomic E-state index is 14.0. The van der Waals surface area contributed by atoms with Crippen LogP contribution in [0.2, 0.25) is 5.02 Å². The van der Waals surface area contributed by atoms with E-state index in [0.29, 0.717) is 34.0 Å². The van der Waals surface area contributed by atoms with Crippen LogP contribution in [-0.2, 0) is 19.7 Å². The van der Waals surface area contributed by atoms with Crippen molar-refractivity contribution < 1.29 is 19.1 Å². The minimum absolute atomic E-state index is 0.0812. The van der Waals surface area contributed by atoms with Crippen LogP contribution in [0.15, 0.2) is 42.5 Å². The van der Waals surface area contributed by atoms with Crippen molar-refractivity contribution in [2.45, 2.75) is 77.8 Å². The molecular formula is C35H49ClN6O4. The van der Waals surface area contributed by atoms with Gasteiger partial charge in [-0.2, -0.15) is 0 Å². The number of carbonyl (C=O) groups excluding carboxylic acids is 3. The number of likely N-dealkylation sites (N-methyl/N-ethyl adjacent to an activating group) is 1. The van der Waals surface area contributed by atoms with E-state index in [1.54, 1.807) is 21.2 Å². The molecule has 1 fully saturated rings. The number of nitrogens with one attached hydrogen (secondary N) is 4. The molecule has 1 aromatic heterocycles. The van der Waals surface area contributed by atoms with Crippen LogP contribution in [-0.4, -0.2) is 73.1 Å². The second-order valence-corrected chi connectivity index (χ2v) is 14.7. The first-order chi connectivity index (χ1) is 21.6. The van der Waals surface area contributed by atoms with Crippen molar-refractivity contribution in [2.24, 2.45) is 10.8 Å². The van der Waals surface area contributed by atoms with Gasteiger partial charge in [0.2, 0.25) is 11.8 Å². The fourth-order valence-electron chi connectivity index (χ4n) is 6.10. The molecule has 0 radical (unpaired) electrons. The monoisotopic (exact) mass is 652 g/mol. The second kappa shape index (κ2) is 13.6. The summed E-state index contributed by atoms with van der Waals surface area (Å²) < 4.78 is 5.56. The first-order valence-corrected chi connectivity index (χ1v) is 16.2. The zero-order valence-electron chi connectivity index (χ0n) is 28.5. The molecule has 1 saturated carbocycles. The summed E-state index contributed by atoms with van der Waals surface area (Å²) in [7, 11) is 4.96. The molecule has 250 valence electrons. The molecule has 4 amide bonds. The van der Waals surface area contributed by atoms with Crippen molar-refractivity contribution in [1.82, 2.24) is 30.8 Å². The number of benzene rings is 2. The SMILES string of the molecule is CCNC(=O)[C@H](NC(=O)C(C)(COC)c1ccc2nc([C@@H](NC(=O)N(C)C)[C@H](c3ccccc3Cl)C3(C)CC3)[nH]c2c1)C(C)(C)C. The van der Waals surface area contributed by atoms with Gasteiger partial charge >= 0.3 is 6.03 Å². The van der Waals surface area contributed by atoms with Crippen LogP contribution in [0.3, 0.4) is 0 Å². The Kier molecular flexibility index (Phi) is 10.4. The summed E-state index contributed by atoms with van der Waals surface area (Å²) in [5, 5.41) is 9.71. The van der Waals surface area contributed by atoms with E-state index in [1.807, 2.05) is 77.1 Å². The fourth-order valence-corrected chi connectivity index (χ4v) is 6.35. The lowest BCUT2D eigenvalue weighted by Gasteiger charge is -2.35. The number of hydrogen-bond acceptors (Lipinski definition) is 5. The molecule has 1 heterocycles. The molecule has 1 unspecified atom stereocenters. The maximum absolute atomic E-state index is 14.0. The molecule has 4 atom stereocenters. The molecule has 11 heteroatoms. The number of hydrogen-bond donors (Lipinski definition) is 4. The molecule has 0 saturated heterocycles. The lowest BCUT2D eigenvalue weighted by molar-refractivity contribution is -0.135. The Morgan fingerprint density at radius 3 is 2.33 bits per heavy atom. The van der Waals surface area contributed by atoms with Gasteiger partial charge in [-0.05, 0) is 66.8 Å². The van der Waals surface area contributed by atoms with Crippen LogP contribution in [0.25, 0.3) is 11.0 Å². The number of imidazole rings is 1. The molecule has 1 aliphatic rings. The van der Waals surface area contributed by atoms with Gasteiger partial charge in [-0.25, -0.2) is 9.78 Å². The molecular weight excluding hydrogens is 604 g/mol. The Hall–Kier alpha value is -3.63. The van der Waals surface area contributed by atoms with Crippen LogP contribution >= 0.6 is 11.6 Å². The summed E-state index contributed by atoms with van der Waals surface area (Å²) in [6, 6.07) is 11.9. The number of halogens is 1. The summed E-state index contributed by atoms with van der Waals surface area (Å²) in [5.74, 6) is -0.100. The first-order valence-electron chi connectivity index (χ1n) is 15.9. The number of carbonyl (C=O) groups is 3. The van der Waals surface area contributed by atoms with Crippen LogP contribution in [0.4, 0.5) is 4.79 Å². The number of H-pyrrole nitrogens is 1. The molecule has 4 rings (SSSR count). The van der Waals surface area contributed by atoms with Crippen molar-refractivity contribution in [3.8, 4) is 0 Å². The van der Waals surface area contributed by atoms with Gasteiger partial charge in [0.25, 0.3) is 0 Å². The molecule has 0 bridgehead atoms. The Balaban J connectivity index is 1.78.